The first-order valence-corrected chi connectivity index (χ1v) is 5.41. The fraction of sp³-hybridized carbons (Fsp3) is 0.125. The molecule has 0 aliphatic carbocycles. The molecule has 0 aliphatic rings. The Labute approximate surface area is 97.2 Å². The van der Waals surface area contributed by atoms with Crippen molar-refractivity contribution < 1.29 is 4.39 Å². The lowest BCUT2D eigenvalue weighted by molar-refractivity contribution is 0.559. The Hall–Kier alpha value is -1.47. The highest BCUT2D eigenvalue weighted by Crippen LogP contribution is 2.07. The molecule has 0 aromatic carbocycles. The zero-order valence-electron chi connectivity index (χ0n) is 7.74. The SMILES string of the molecule is O=c1[nH]c(Cl)c(F)c(=O)n1Cc1cncs1. The molecular weight excluding hydrogens is 257 g/mol. The maximum absolute atomic E-state index is 13.2. The summed E-state index contributed by atoms with van der Waals surface area (Å²) in [4.78, 5) is 29.3. The molecule has 2 aromatic rings. The van der Waals surface area contributed by atoms with Crippen molar-refractivity contribution >= 4 is 22.9 Å². The van der Waals surface area contributed by atoms with Crippen molar-refractivity contribution in [3.05, 3.63) is 48.4 Å². The summed E-state index contributed by atoms with van der Waals surface area (Å²) in [6.45, 7) is -0.0209. The molecule has 0 aliphatic heterocycles. The van der Waals surface area contributed by atoms with E-state index in [1.807, 2.05) is 4.98 Å². The van der Waals surface area contributed by atoms with Crippen molar-refractivity contribution in [1.82, 2.24) is 14.5 Å². The number of hydrogen-bond donors (Lipinski definition) is 1. The number of H-pyrrole nitrogens is 1. The summed E-state index contributed by atoms with van der Waals surface area (Å²) in [7, 11) is 0. The number of rotatable bonds is 2. The molecule has 2 aromatic heterocycles. The topological polar surface area (TPSA) is 67.8 Å². The fourth-order valence-electron chi connectivity index (χ4n) is 1.14. The molecule has 0 saturated carbocycles. The van der Waals surface area contributed by atoms with Crippen LogP contribution in [0.1, 0.15) is 4.88 Å². The monoisotopic (exact) mass is 261 g/mol. The Balaban J connectivity index is 2.54. The summed E-state index contributed by atoms with van der Waals surface area (Å²) in [6.07, 6.45) is 1.50. The van der Waals surface area contributed by atoms with Crippen molar-refractivity contribution in [3.8, 4) is 0 Å². The quantitative estimate of drug-likeness (QED) is 0.815. The Morgan fingerprint density at radius 2 is 2.31 bits per heavy atom. The lowest BCUT2D eigenvalue weighted by Crippen LogP contribution is -2.37. The van der Waals surface area contributed by atoms with E-state index in [0.29, 0.717) is 4.88 Å². The van der Waals surface area contributed by atoms with E-state index < -0.39 is 22.2 Å². The summed E-state index contributed by atoms with van der Waals surface area (Å²) in [5.41, 5.74) is -0.229. The summed E-state index contributed by atoms with van der Waals surface area (Å²) in [5.74, 6) is -1.16. The highest BCUT2D eigenvalue weighted by atomic mass is 35.5. The van der Waals surface area contributed by atoms with Gasteiger partial charge in [0, 0.05) is 11.1 Å². The predicted molar refractivity (Wildman–Crippen MR) is 57.5 cm³/mol. The third-order valence-corrected chi connectivity index (χ3v) is 2.91. The van der Waals surface area contributed by atoms with Gasteiger partial charge in [0.25, 0.3) is 5.56 Å². The third-order valence-electron chi connectivity index (χ3n) is 1.88. The largest absolute Gasteiger partial charge is 0.329 e. The van der Waals surface area contributed by atoms with Gasteiger partial charge in [-0.1, -0.05) is 11.6 Å². The van der Waals surface area contributed by atoms with Crippen LogP contribution >= 0.6 is 22.9 Å². The maximum Gasteiger partial charge on any atom is 0.329 e. The molecule has 2 rings (SSSR count). The van der Waals surface area contributed by atoms with Crippen molar-refractivity contribution in [2.24, 2.45) is 0 Å². The van der Waals surface area contributed by atoms with Gasteiger partial charge in [-0.05, 0) is 0 Å². The molecule has 0 fully saturated rings. The number of thiazole rings is 1. The standard InChI is InChI=1S/C8H5ClFN3O2S/c9-6-5(10)7(14)13(8(15)12-6)2-4-1-11-3-16-4/h1,3H,2H2,(H,12,15). The smallest absolute Gasteiger partial charge is 0.295 e. The summed E-state index contributed by atoms with van der Waals surface area (Å²) >= 11 is 6.59. The van der Waals surface area contributed by atoms with Crippen LogP contribution in [0.4, 0.5) is 4.39 Å². The highest BCUT2D eigenvalue weighted by molar-refractivity contribution is 7.09. The molecule has 0 atom stereocenters. The van der Waals surface area contributed by atoms with Gasteiger partial charge in [-0.25, -0.2) is 4.79 Å². The van der Waals surface area contributed by atoms with Crippen LogP contribution in [0.25, 0.3) is 0 Å². The minimum Gasteiger partial charge on any atom is -0.295 e. The molecule has 16 heavy (non-hydrogen) atoms. The average molecular weight is 262 g/mol. The van der Waals surface area contributed by atoms with Gasteiger partial charge in [0.1, 0.15) is 0 Å². The van der Waals surface area contributed by atoms with Gasteiger partial charge in [0.05, 0.1) is 12.1 Å². The summed E-state index contributed by atoms with van der Waals surface area (Å²) < 4.78 is 13.9. The zero-order valence-corrected chi connectivity index (χ0v) is 9.31. The minimum atomic E-state index is -1.16. The molecule has 0 radical (unpaired) electrons. The first-order chi connectivity index (χ1) is 7.59. The van der Waals surface area contributed by atoms with Crippen LogP contribution in [0.3, 0.4) is 0 Å². The lowest BCUT2D eigenvalue weighted by atomic mass is 10.5. The van der Waals surface area contributed by atoms with Crippen LogP contribution in [-0.2, 0) is 6.54 Å². The van der Waals surface area contributed by atoms with Crippen molar-refractivity contribution in [1.29, 1.82) is 0 Å². The molecule has 2 heterocycles. The number of aromatic amines is 1. The number of nitrogens with zero attached hydrogens (tertiary/aromatic N) is 2. The second-order valence-corrected chi connectivity index (χ2v) is 4.27. The molecule has 0 unspecified atom stereocenters. The van der Waals surface area contributed by atoms with Gasteiger partial charge in [0.2, 0.25) is 5.82 Å². The predicted octanol–water partition coefficient (Wildman–Crippen LogP) is 0.834. The van der Waals surface area contributed by atoms with Crippen molar-refractivity contribution in [2.75, 3.05) is 0 Å². The van der Waals surface area contributed by atoms with Crippen LogP contribution in [0, 0.1) is 5.82 Å². The molecule has 0 saturated heterocycles. The van der Waals surface area contributed by atoms with E-state index in [0.717, 1.165) is 4.57 Å². The molecular formula is C8H5ClFN3O2S. The Kier molecular flexibility index (Phi) is 2.88. The fourth-order valence-corrected chi connectivity index (χ4v) is 1.88. The Morgan fingerprint density at radius 1 is 1.56 bits per heavy atom. The molecule has 0 bridgehead atoms. The number of aromatic nitrogens is 3. The van der Waals surface area contributed by atoms with Crippen LogP contribution in [-0.4, -0.2) is 14.5 Å². The molecule has 0 spiro atoms. The van der Waals surface area contributed by atoms with Crippen molar-refractivity contribution in [2.45, 2.75) is 6.54 Å². The first kappa shape index (κ1) is 11.0. The first-order valence-electron chi connectivity index (χ1n) is 4.15. The number of halogens is 2. The molecule has 5 nitrogen and oxygen atoms in total. The second-order valence-electron chi connectivity index (χ2n) is 2.92. The summed E-state index contributed by atoms with van der Waals surface area (Å²) in [5, 5.41) is -0.574. The third kappa shape index (κ3) is 1.91. The van der Waals surface area contributed by atoms with Gasteiger partial charge in [-0.3, -0.25) is 19.3 Å². The van der Waals surface area contributed by atoms with Gasteiger partial charge < -0.3 is 0 Å². The van der Waals surface area contributed by atoms with Crippen LogP contribution in [0.15, 0.2) is 21.3 Å². The van der Waals surface area contributed by atoms with E-state index in [-0.39, 0.29) is 6.54 Å². The van der Waals surface area contributed by atoms with Gasteiger partial charge >= 0.3 is 5.69 Å². The molecule has 1 N–H and O–H groups in total. The van der Waals surface area contributed by atoms with Gasteiger partial charge in [-0.2, -0.15) is 4.39 Å². The van der Waals surface area contributed by atoms with E-state index in [4.69, 9.17) is 11.6 Å². The van der Waals surface area contributed by atoms with E-state index in [2.05, 4.69) is 4.98 Å². The molecule has 8 heteroatoms. The lowest BCUT2D eigenvalue weighted by Gasteiger charge is -2.02. The molecule has 0 amide bonds. The number of hydrogen-bond acceptors (Lipinski definition) is 4. The van der Waals surface area contributed by atoms with E-state index in [9.17, 15) is 14.0 Å². The van der Waals surface area contributed by atoms with Crippen LogP contribution < -0.4 is 11.2 Å². The van der Waals surface area contributed by atoms with Crippen LogP contribution in [0.2, 0.25) is 5.15 Å². The normalized spacial score (nSPS) is 10.6. The second kappa shape index (κ2) is 4.18. The van der Waals surface area contributed by atoms with Crippen molar-refractivity contribution in [3.63, 3.8) is 0 Å². The Bertz CT molecular complexity index is 619. The number of nitrogens with one attached hydrogen (secondary N) is 1. The molecule has 84 valence electrons. The minimum absolute atomic E-state index is 0.0209. The van der Waals surface area contributed by atoms with E-state index in [1.165, 1.54) is 17.5 Å². The van der Waals surface area contributed by atoms with Gasteiger partial charge in [0.15, 0.2) is 5.15 Å². The van der Waals surface area contributed by atoms with E-state index >= 15 is 0 Å². The highest BCUT2D eigenvalue weighted by Gasteiger charge is 2.12. The van der Waals surface area contributed by atoms with E-state index in [1.54, 1.807) is 5.51 Å². The summed E-state index contributed by atoms with van der Waals surface area (Å²) in [6, 6.07) is 0. The Morgan fingerprint density at radius 3 is 2.94 bits per heavy atom. The zero-order chi connectivity index (χ0) is 11.7. The van der Waals surface area contributed by atoms with Crippen LogP contribution in [0.5, 0.6) is 0 Å². The maximum atomic E-state index is 13.2. The average Bonchev–Trinajstić information content (AvgIpc) is 2.74. The van der Waals surface area contributed by atoms with Gasteiger partial charge in [-0.15, -0.1) is 11.3 Å².